The third-order valence-electron chi connectivity index (χ3n) is 4.04. The van der Waals surface area contributed by atoms with E-state index in [0.29, 0.717) is 23.8 Å². The van der Waals surface area contributed by atoms with Crippen LogP contribution >= 0.6 is 0 Å². The molecule has 1 heterocycles. The number of nitrogens with one attached hydrogen (secondary N) is 1. The van der Waals surface area contributed by atoms with Gasteiger partial charge in [0.25, 0.3) is 0 Å². The van der Waals surface area contributed by atoms with Crippen molar-refractivity contribution in [2.24, 2.45) is 11.8 Å². The van der Waals surface area contributed by atoms with Crippen LogP contribution in [0, 0.1) is 11.8 Å². The van der Waals surface area contributed by atoms with Gasteiger partial charge in [-0.05, 0) is 38.0 Å². The molecule has 0 aromatic heterocycles. The van der Waals surface area contributed by atoms with Gasteiger partial charge in [-0.3, -0.25) is 10.1 Å². The van der Waals surface area contributed by atoms with Gasteiger partial charge >= 0.3 is 0 Å². The predicted octanol–water partition coefficient (Wildman–Crippen LogP) is 2.37. The summed E-state index contributed by atoms with van der Waals surface area (Å²) in [5.41, 5.74) is -0.166. The highest BCUT2D eigenvalue weighted by Crippen LogP contribution is 2.44. The van der Waals surface area contributed by atoms with Gasteiger partial charge in [0.2, 0.25) is 5.91 Å². The zero-order valence-electron chi connectivity index (χ0n) is 11.8. The van der Waals surface area contributed by atoms with Gasteiger partial charge in [0.1, 0.15) is 0 Å². The maximum Gasteiger partial charge on any atom is 0.244 e. The molecule has 1 N–H and O–H groups in total. The summed E-state index contributed by atoms with van der Waals surface area (Å²) >= 11 is 0. The summed E-state index contributed by atoms with van der Waals surface area (Å²) in [7, 11) is 0. The zero-order valence-corrected chi connectivity index (χ0v) is 11.8. The van der Waals surface area contributed by atoms with Gasteiger partial charge < -0.3 is 4.90 Å². The molecule has 2 fully saturated rings. The maximum atomic E-state index is 12.5. The van der Waals surface area contributed by atoms with Crippen molar-refractivity contribution in [2.45, 2.75) is 71.6 Å². The van der Waals surface area contributed by atoms with E-state index in [0.717, 1.165) is 19.3 Å². The van der Waals surface area contributed by atoms with Crippen LogP contribution in [0.15, 0.2) is 0 Å². The average Bonchev–Trinajstić information content (AvgIpc) is 2.89. The lowest BCUT2D eigenvalue weighted by atomic mass is 10.0. The molecule has 2 rings (SSSR count). The lowest BCUT2D eigenvalue weighted by Crippen LogP contribution is -2.46. The Bertz CT molecular complexity index is 307. The molecule has 2 unspecified atom stereocenters. The normalized spacial score (nSPS) is 28.5. The number of carbonyl (C=O) groups excluding carboxylic acids is 1. The Balaban J connectivity index is 2.14. The Kier molecular flexibility index (Phi) is 3.23. The highest BCUT2D eigenvalue weighted by molar-refractivity contribution is 5.92. The Hall–Kier alpha value is -0.570. The first-order valence-corrected chi connectivity index (χ1v) is 6.98. The number of nitrogens with zero attached hydrogens (tertiary/aromatic N) is 1. The molecule has 3 heteroatoms. The van der Waals surface area contributed by atoms with Crippen molar-refractivity contribution in [3.63, 3.8) is 0 Å². The first kappa shape index (κ1) is 12.9. The SMILES string of the molecule is CC(C)CC(C)N1C(=O)C2(CC2)NC1C(C)C. The second-order valence-electron chi connectivity index (χ2n) is 6.61. The molecule has 0 bridgehead atoms. The van der Waals surface area contributed by atoms with E-state index in [1.807, 2.05) is 0 Å². The number of carbonyl (C=O) groups is 1. The predicted molar refractivity (Wildman–Crippen MR) is 69.5 cm³/mol. The molecule has 2 atom stereocenters. The molecule has 1 spiro atoms. The van der Waals surface area contributed by atoms with Crippen LogP contribution in [-0.2, 0) is 4.79 Å². The Morgan fingerprint density at radius 2 is 1.88 bits per heavy atom. The van der Waals surface area contributed by atoms with Gasteiger partial charge in [-0.1, -0.05) is 27.7 Å². The van der Waals surface area contributed by atoms with Crippen molar-refractivity contribution in [3.05, 3.63) is 0 Å². The summed E-state index contributed by atoms with van der Waals surface area (Å²) in [5, 5.41) is 3.57. The number of hydrogen-bond acceptors (Lipinski definition) is 2. The first-order chi connectivity index (χ1) is 7.87. The third kappa shape index (κ3) is 2.22. The van der Waals surface area contributed by atoms with Gasteiger partial charge in [-0.2, -0.15) is 0 Å². The highest BCUT2D eigenvalue weighted by atomic mass is 16.2. The Morgan fingerprint density at radius 3 is 2.29 bits per heavy atom. The summed E-state index contributed by atoms with van der Waals surface area (Å²) < 4.78 is 0. The molecular formula is C14H26N2O. The minimum Gasteiger partial charge on any atom is -0.323 e. The fourth-order valence-electron chi connectivity index (χ4n) is 3.03. The molecule has 98 valence electrons. The average molecular weight is 238 g/mol. The van der Waals surface area contributed by atoms with Crippen LogP contribution in [0.2, 0.25) is 0 Å². The second-order valence-corrected chi connectivity index (χ2v) is 6.61. The highest BCUT2D eigenvalue weighted by Gasteiger charge is 2.60. The van der Waals surface area contributed by atoms with Crippen LogP contribution in [0.4, 0.5) is 0 Å². The molecule has 1 aliphatic carbocycles. The molecule has 0 radical (unpaired) electrons. The minimum atomic E-state index is -0.166. The van der Waals surface area contributed by atoms with Crippen LogP contribution in [-0.4, -0.2) is 28.6 Å². The molecule has 3 nitrogen and oxygen atoms in total. The maximum absolute atomic E-state index is 12.5. The fraction of sp³-hybridized carbons (Fsp3) is 0.929. The van der Waals surface area contributed by atoms with Crippen molar-refractivity contribution in [3.8, 4) is 0 Å². The molecule has 0 aromatic carbocycles. The van der Waals surface area contributed by atoms with E-state index in [9.17, 15) is 4.79 Å². The molecule has 1 saturated heterocycles. The van der Waals surface area contributed by atoms with Crippen LogP contribution in [0.25, 0.3) is 0 Å². The van der Waals surface area contributed by atoms with Gasteiger partial charge in [-0.25, -0.2) is 0 Å². The lowest BCUT2D eigenvalue weighted by Gasteiger charge is -2.33. The fourth-order valence-corrected chi connectivity index (χ4v) is 3.03. The van der Waals surface area contributed by atoms with Crippen molar-refractivity contribution in [1.29, 1.82) is 0 Å². The minimum absolute atomic E-state index is 0.166. The van der Waals surface area contributed by atoms with E-state index in [4.69, 9.17) is 0 Å². The quantitative estimate of drug-likeness (QED) is 0.815. The lowest BCUT2D eigenvalue weighted by molar-refractivity contribution is -0.133. The van der Waals surface area contributed by atoms with Crippen LogP contribution in [0.3, 0.4) is 0 Å². The molecule has 1 aliphatic heterocycles. The Labute approximate surface area is 105 Å². The standard InChI is InChI=1S/C14H26N2O/c1-9(2)8-11(5)16-12(10(3)4)15-14(6-7-14)13(16)17/h9-12,15H,6-8H2,1-5H3. The molecule has 1 amide bonds. The molecular weight excluding hydrogens is 212 g/mol. The van der Waals surface area contributed by atoms with E-state index in [1.165, 1.54) is 0 Å². The molecule has 1 saturated carbocycles. The van der Waals surface area contributed by atoms with Crippen molar-refractivity contribution < 1.29 is 4.79 Å². The van der Waals surface area contributed by atoms with Gasteiger partial charge in [-0.15, -0.1) is 0 Å². The number of rotatable bonds is 4. The van der Waals surface area contributed by atoms with E-state index >= 15 is 0 Å². The summed E-state index contributed by atoms with van der Waals surface area (Å²) in [6.45, 7) is 11.0. The van der Waals surface area contributed by atoms with E-state index < -0.39 is 0 Å². The first-order valence-electron chi connectivity index (χ1n) is 6.98. The molecule has 17 heavy (non-hydrogen) atoms. The van der Waals surface area contributed by atoms with Gasteiger partial charge in [0.05, 0.1) is 11.7 Å². The molecule has 0 aromatic rings. The second kappa shape index (κ2) is 4.27. The smallest absolute Gasteiger partial charge is 0.244 e. The van der Waals surface area contributed by atoms with Crippen molar-refractivity contribution in [2.75, 3.05) is 0 Å². The Morgan fingerprint density at radius 1 is 1.29 bits per heavy atom. The summed E-state index contributed by atoms with van der Waals surface area (Å²) in [6.07, 6.45) is 3.38. The summed E-state index contributed by atoms with van der Waals surface area (Å²) in [4.78, 5) is 14.6. The van der Waals surface area contributed by atoms with Crippen molar-refractivity contribution in [1.82, 2.24) is 10.2 Å². The van der Waals surface area contributed by atoms with E-state index in [-0.39, 0.29) is 11.7 Å². The summed E-state index contributed by atoms with van der Waals surface area (Å²) in [5.74, 6) is 1.47. The summed E-state index contributed by atoms with van der Waals surface area (Å²) in [6, 6.07) is 0.349. The van der Waals surface area contributed by atoms with Crippen LogP contribution < -0.4 is 5.32 Å². The number of hydrogen-bond donors (Lipinski definition) is 1. The van der Waals surface area contributed by atoms with Crippen LogP contribution in [0.1, 0.15) is 53.9 Å². The number of amides is 1. The molecule has 2 aliphatic rings. The van der Waals surface area contributed by atoms with Crippen LogP contribution in [0.5, 0.6) is 0 Å². The zero-order chi connectivity index (χ0) is 12.8. The third-order valence-corrected chi connectivity index (χ3v) is 4.04. The largest absolute Gasteiger partial charge is 0.323 e. The monoisotopic (exact) mass is 238 g/mol. The van der Waals surface area contributed by atoms with Gasteiger partial charge in [0.15, 0.2) is 0 Å². The van der Waals surface area contributed by atoms with Crippen molar-refractivity contribution >= 4 is 5.91 Å². The van der Waals surface area contributed by atoms with E-state index in [1.54, 1.807) is 0 Å². The van der Waals surface area contributed by atoms with Gasteiger partial charge in [0, 0.05) is 6.04 Å². The topological polar surface area (TPSA) is 32.3 Å². The van der Waals surface area contributed by atoms with E-state index in [2.05, 4.69) is 44.8 Å².